The third-order valence-corrected chi connectivity index (χ3v) is 6.59. The van der Waals surface area contributed by atoms with Crippen molar-refractivity contribution in [3.05, 3.63) is 124 Å². The van der Waals surface area contributed by atoms with Gasteiger partial charge in [0.15, 0.2) is 0 Å². The lowest BCUT2D eigenvalue weighted by Crippen LogP contribution is -2.16. The second kappa shape index (κ2) is 16.5. The fourth-order valence-electron chi connectivity index (χ4n) is 4.44. The molecule has 0 heterocycles. The Balaban J connectivity index is 1.57. The second-order valence-electron chi connectivity index (χ2n) is 9.61. The van der Waals surface area contributed by atoms with Gasteiger partial charge in [-0.2, -0.15) is 0 Å². The topological polar surface area (TPSA) is 107 Å². The van der Waals surface area contributed by atoms with Gasteiger partial charge >= 0.3 is 17.9 Å². The summed E-state index contributed by atoms with van der Waals surface area (Å²) in [5.74, 6) is -0.515. The molecule has 9 heteroatoms. The van der Waals surface area contributed by atoms with Crippen molar-refractivity contribution >= 4 is 17.9 Å². The molecule has 45 heavy (non-hydrogen) atoms. The van der Waals surface area contributed by atoms with Gasteiger partial charge in [-0.3, -0.25) is 0 Å². The summed E-state index contributed by atoms with van der Waals surface area (Å²) in [6, 6.07) is 25.6. The minimum Gasteiger partial charge on any atom is -0.493 e. The molecule has 0 spiro atoms. The number of hydrogen-bond donors (Lipinski definition) is 0. The van der Waals surface area contributed by atoms with Gasteiger partial charge in [-0.1, -0.05) is 54.6 Å². The predicted octanol–water partition coefficient (Wildman–Crippen LogP) is 6.95. The number of rotatable bonds is 15. The maximum Gasteiger partial charge on any atom is 0.339 e. The number of para-hydroxylation sites is 3. The molecule has 0 aliphatic heterocycles. The first kappa shape index (κ1) is 32.6. The minimum atomic E-state index is -0.820. The van der Waals surface area contributed by atoms with Gasteiger partial charge in [-0.25, -0.2) is 14.4 Å². The first-order valence-electron chi connectivity index (χ1n) is 14.7. The summed E-state index contributed by atoms with van der Waals surface area (Å²) in [7, 11) is 0. The van der Waals surface area contributed by atoms with Crippen LogP contribution in [0.5, 0.6) is 17.2 Å². The maximum absolute atomic E-state index is 13.4. The van der Waals surface area contributed by atoms with E-state index in [0.29, 0.717) is 53.8 Å². The number of hydrogen-bond acceptors (Lipinski definition) is 9. The lowest BCUT2D eigenvalue weighted by atomic mass is 10.0. The van der Waals surface area contributed by atoms with Crippen molar-refractivity contribution in [3.63, 3.8) is 0 Å². The molecule has 0 saturated carbocycles. The molecule has 0 amide bonds. The molecule has 0 aliphatic carbocycles. The van der Waals surface area contributed by atoms with Gasteiger partial charge in [-0.05, 0) is 57.2 Å². The summed E-state index contributed by atoms with van der Waals surface area (Å²) in [6.07, 6.45) is 0. The van der Waals surface area contributed by atoms with Crippen LogP contribution >= 0.6 is 0 Å². The van der Waals surface area contributed by atoms with E-state index >= 15 is 0 Å². The average Bonchev–Trinajstić information content (AvgIpc) is 3.07. The van der Waals surface area contributed by atoms with Crippen LogP contribution in [0.3, 0.4) is 0 Å². The molecular weight excluding hydrogens is 576 g/mol. The molecular formula is C36H36O9. The van der Waals surface area contributed by atoms with Crippen LogP contribution in [0, 0.1) is 0 Å². The number of carbonyl (C=O) groups excluding carboxylic acids is 3. The molecule has 0 radical (unpaired) electrons. The highest BCUT2D eigenvalue weighted by Crippen LogP contribution is 2.24. The Hall–Kier alpha value is -5.31. The third-order valence-electron chi connectivity index (χ3n) is 6.59. The molecule has 0 aliphatic rings. The van der Waals surface area contributed by atoms with Crippen LogP contribution in [0.4, 0.5) is 0 Å². The molecule has 4 rings (SSSR count). The Bertz CT molecular complexity index is 1610. The lowest BCUT2D eigenvalue weighted by Gasteiger charge is -2.14. The van der Waals surface area contributed by atoms with Gasteiger partial charge in [0.25, 0.3) is 0 Å². The first-order chi connectivity index (χ1) is 21.9. The SMILES string of the molecule is CCOc1ccccc1COC(=O)c1ccc(C(=O)OCc2ccccc2OCC)c(C(=O)OCc2ccccc2OCC)c1. The summed E-state index contributed by atoms with van der Waals surface area (Å²) in [4.78, 5) is 39.8. The standard InChI is InChI=1S/C36H36O9/c1-4-40-31-16-10-7-13-26(31)22-43-34(37)25-19-20-29(35(38)44-23-27-14-8-11-17-32(27)41-5-2)30(21-25)36(39)45-24-28-15-9-12-18-33(28)42-6-3/h7-21H,4-6,22-24H2,1-3H3. The normalized spacial score (nSPS) is 10.5. The minimum absolute atomic E-state index is 0.0496. The quantitative estimate of drug-likeness (QED) is 0.104. The van der Waals surface area contributed by atoms with E-state index in [0.717, 1.165) is 0 Å². The van der Waals surface area contributed by atoms with E-state index in [-0.39, 0.29) is 36.5 Å². The van der Waals surface area contributed by atoms with Crippen molar-refractivity contribution in [1.82, 2.24) is 0 Å². The van der Waals surface area contributed by atoms with Crippen LogP contribution < -0.4 is 14.2 Å². The lowest BCUT2D eigenvalue weighted by molar-refractivity contribution is 0.0419. The summed E-state index contributed by atoms with van der Waals surface area (Å²) in [5.41, 5.74) is 1.85. The van der Waals surface area contributed by atoms with E-state index in [2.05, 4.69) is 0 Å². The molecule has 4 aromatic carbocycles. The van der Waals surface area contributed by atoms with E-state index in [4.69, 9.17) is 28.4 Å². The Morgan fingerprint density at radius 2 is 0.844 bits per heavy atom. The number of benzene rings is 4. The number of carbonyl (C=O) groups is 3. The maximum atomic E-state index is 13.4. The van der Waals surface area contributed by atoms with E-state index in [1.165, 1.54) is 18.2 Å². The van der Waals surface area contributed by atoms with Crippen molar-refractivity contribution in [2.75, 3.05) is 19.8 Å². The van der Waals surface area contributed by atoms with E-state index in [1.807, 2.05) is 51.1 Å². The third kappa shape index (κ3) is 8.86. The van der Waals surface area contributed by atoms with Crippen LogP contribution in [-0.4, -0.2) is 37.7 Å². The van der Waals surface area contributed by atoms with Crippen molar-refractivity contribution in [2.45, 2.75) is 40.6 Å². The molecule has 0 unspecified atom stereocenters. The van der Waals surface area contributed by atoms with Gasteiger partial charge in [0.1, 0.15) is 37.1 Å². The zero-order valence-electron chi connectivity index (χ0n) is 25.6. The highest BCUT2D eigenvalue weighted by molar-refractivity contribution is 6.05. The van der Waals surface area contributed by atoms with Crippen LogP contribution in [0.1, 0.15) is 68.5 Å². The Kier molecular flexibility index (Phi) is 12.0. The van der Waals surface area contributed by atoms with Crippen molar-refractivity contribution < 1.29 is 42.8 Å². The highest BCUT2D eigenvalue weighted by Gasteiger charge is 2.23. The van der Waals surface area contributed by atoms with E-state index in [9.17, 15) is 14.4 Å². The van der Waals surface area contributed by atoms with Crippen LogP contribution in [0.2, 0.25) is 0 Å². The van der Waals surface area contributed by atoms with Crippen molar-refractivity contribution in [1.29, 1.82) is 0 Å². The molecule has 0 aromatic heterocycles. The zero-order valence-corrected chi connectivity index (χ0v) is 25.6. The van der Waals surface area contributed by atoms with Crippen LogP contribution in [-0.2, 0) is 34.0 Å². The van der Waals surface area contributed by atoms with Gasteiger partial charge in [0.05, 0.1) is 36.5 Å². The van der Waals surface area contributed by atoms with E-state index < -0.39 is 17.9 Å². The summed E-state index contributed by atoms with van der Waals surface area (Å²) >= 11 is 0. The van der Waals surface area contributed by atoms with Gasteiger partial charge in [-0.15, -0.1) is 0 Å². The highest BCUT2D eigenvalue weighted by atomic mass is 16.5. The Labute approximate surface area is 262 Å². The van der Waals surface area contributed by atoms with Gasteiger partial charge in [0.2, 0.25) is 0 Å². The smallest absolute Gasteiger partial charge is 0.339 e. The molecule has 0 bridgehead atoms. The van der Waals surface area contributed by atoms with Crippen molar-refractivity contribution in [3.8, 4) is 17.2 Å². The van der Waals surface area contributed by atoms with Crippen molar-refractivity contribution in [2.24, 2.45) is 0 Å². The summed E-state index contributed by atoms with van der Waals surface area (Å²) < 4.78 is 33.6. The van der Waals surface area contributed by atoms with Gasteiger partial charge < -0.3 is 28.4 Å². The fraction of sp³-hybridized carbons (Fsp3) is 0.250. The molecule has 0 saturated heterocycles. The van der Waals surface area contributed by atoms with Gasteiger partial charge in [0, 0.05) is 16.7 Å². The average molecular weight is 613 g/mol. The Morgan fingerprint density at radius 1 is 0.467 bits per heavy atom. The monoisotopic (exact) mass is 612 g/mol. The molecule has 9 nitrogen and oxygen atoms in total. The number of ether oxygens (including phenoxy) is 6. The molecule has 4 aromatic rings. The summed E-state index contributed by atoms with van der Waals surface area (Å²) in [5, 5.41) is 0. The first-order valence-corrected chi connectivity index (χ1v) is 14.7. The molecule has 234 valence electrons. The van der Waals surface area contributed by atoms with Crippen LogP contribution in [0.15, 0.2) is 91.0 Å². The number of esters is 3. The summed E-state index contributed by atoms with van der Waals surface area (Å²) in [6.45, 7) is 6.66. The fourth-order valence-corrected chi connectivity index (χ4v) is 4.44. The van der Waals surface area contributed by atoms with Crippen LogP contribution in [0.25, 0.3) is 0 Å². The predicted molar refractivity (Wildman–Crippen MR) is 167 cm³/mol. The molecule has 0 N–H and O–H groups in total. The largest absolute Gasteiger partial charge is 0.493 e. The Morgan fingerprint density at radius 3 is 1.27 bits per heavy atom. The molecule has 0 fully saturated rings. The molecule has 0 atom stereocenters. The zero-order chi connectivity index (χ0) is 32.0. The van der Waals surface area contributed by atoms with E-state index in [1.54, 1.807) is 42.5 Å². The second-order valence-corrected chi connectivity index (χ2v) is 9.61.